The predicted molar refractivity (Wildman–Crippen MR) is 49.6 cm³/mol. The first-order valence-electron chi connectivity index (χ1n) is 4.76. The molecule has 1 saturated carbocycles. The smallest absolute Gasteiger partial charge is 0.0129 e. The Labute approximate surface area is 70.8 Å². The largest absolute Gasteiger partial charge is 0.301 e. The Hall–Kier alpha value is -0.0400. The van der Waals surface area contributed by atoms with Gasteiger partial charge in [0, 0.05) is 12.1 Å². The van der Waals surface area contributed by atoms with E-state index in [9.17, 15) is 0 Å². The third-order valence-electron chi connectivity index (χ3n) is 3.00. The molecule has 11 heavy (non-hydrogen) atoms. The first-order valence-corrected chi connectivity index (χ1v) is 4.76. The number of hydrogen-bond acceptors (Lipinski definition) is 1. The van der Waals surface area contributed by atoms with E-state index in [4.69, 9.17) is 0 Å². The lowest BCUT2D eigenvalue weighted by Gasteiger charge is -2.21. The minimum atomic E-state index is 0.712. The Bertz CT molecular complexity index is 129. The van der Waals surface area contributed by atoms with Gasteiger partial charge in [-0.05, 0) is 39.2 Å². The third-order valence-corrected chi connectivity index (χ3v) is 3.00. The molecule has 2 unspecified atom stereocenters. The predicted octanol–water partition coefficient (Wildman–Crippen LogP) is 2.37. The van der Waals surface area contributed by atoms with Crippen LogP contribution in [0.4, 0.5) is 0 Å². The van der Waals surface area contributed by atoms with E-state index in [1.54, 1.807) is 0 Å². The summed E-state index contributed by atoms with van der Waals surface area (Å²) in [6.45, 7) is 9.21. The lowest BCUT2D eigenvalue weighted by molar-refractivity contribution is 0.242. The van der Waals surface area contributed by atoms with Crippen molar-refractivity contribution in [3.05, 3.63) is 0 Å². The molecule has 0 saturated heterocycles. The van der Waals surface area contributed by atoms with E-state index in [2.05, 4.69) is 39.6 Å². The van der Waals surface area contributed by atoms with Gasteiger partial charge in [-0.25, -0.2) is 0 Å². The molecule has 0 aromatic heterocycles. The minimum Gasteiger partial charge on any atom is -0.301 e. The molecular weight excluding hydrogens is 134 g/mol. The van der Waals surface area contributed by atoms with Crippen molar-refractivity contribution >= 4 is 0 Å². The summed E-state index contributed by atoms with van der Waals surface area (Å²) in [5, 5.41) is 0. The number of nitrogens with zero attached hydrogens (tertiary/aromatic N) is 1. The molecule has 0 aromatic rings. The maximum Gasteiger partial charge on any atom is 0.0129 e. The van der Waals surface area contributed by atoms with Crippen molar-refractivity contribution in [2.24, 2.45) is 11.8 Å². The van der Waals surface area contributed by atoms with Crippen LogP contribution in [-0.4, -0.2) is 24.0 Å². The van der Waals surface area contributed by atoms with Gasteiger partial charge in [0.15, 0.2) is 0 Å². The summed E-state index contributed by atoms with van der Waals surface area (Å²) in [7, 11) is 2.25. The molecule has 1 fully saturated rings. The molecule has 0 aliphatic heterocycles. The maximum atomic E-state index is 2.50. The van der Waals surface area contributed by atoms with Crippen LogP contribution in [-0.2, 0) is 0 Å². The van der Waals surface area contributed by atoms with E-state index in [1.807, 2.05) is 0 Å². The molecular formula is C10H21N. The second-order valence-electron chi connectivity index (χ2n) is 4.47. The van der Waals surface area contributed by atoms with Crippen molar-refractivity contribution in [2.75, 3.05) is 7.05 Å². The topological polar surface area (TPSA) is 3.24 Å². The first kappa shape index (κ1) is 9.05. The molecule has 0 heterocycles. The fourth-order valence-corrected chi connectivity index (χ4v) is 1.77. The van der Waals surface area contributed by atoms with Crippen molar-refractivity contribution in [2.45, 2.75) is 46.2 Å². The summed E-state index contributed by atoms with van der Waals surface area (Å²) >= 11 is 0. The van der Waals surface area contributed by atoms with Gasteiger partial charge in [-0.3, -0.25) is 0 Å². The van der Waals surface area contributed by atoms with Crippen LogP contribution in [0, 0.1) is 11.8 Å². The molecule has 1 heteroatoms. The maximum absolute atomic E-state index is 2.50. The molecule has 0 aromatic carbocycles. The van der Waals surface area contributed by atoms with Crippen LogP contribution in [0.2, 0.25) is 0 Å². The Morgan fingerprint density at radius 3 is 2.00 bits per heavy atom. The van der Waals surface area contributed by atoms with Crippen molar-refractivity contribution in [3.63, 3.8) is 0 Å². The summed E-state index contributed by atoms with van der Waals surface area (Å²) in [5.74, 6) is 1.85. The molecule has 1 aliphatic carbocycles. The van der Waals surface area contributed by atoms with Gasteiger partial charge in [0.2, 0.25) is 0 Å². The zero-order valence-electron chi connectivity index (χ0n) is 8.46. The van der Waals surface area contributed by atoms with Crippen LogP contribution in [0.15, 0.2) is 0 Å². The minimum absolute atomic E-state index is 0.712. The van der Waals surface area contributed by atoms with Crippen molar-refractivity contribution in [3.8, 4) is 0 Å². The Kier molecular flexibility index (Phi) is 2.58. The average molecular weight is 155 g/mol. The van der Waals surface area contributed by atoms with E-state index in [0.29, 0.717) is 6.04 Å². The number of hydrogen-bond donors (Lipinski definition) is 0. The van der Waals surface area contributed by atoms with E-state index in [0.717, 1.165) is 17.9 Å². The highest BCUT2D eigenvalue weighted by atomic mass is 15.2. The van der Waals surface area contributed by atoms with Gasteiger partial charge in [-0.1, -0.05) is 13.8 Å². The van der Waals surface area contributed by atoms with E-state index in [1.165, 1.54) is 6.42 Å². The molecule has 66 valence electrons. The molecule has 1 nitrogen and oxygen atoms in total. The van der Waals surface area contributed by atoms with Gasteiger partial charge in [0.05, 0.1) is 0 Å². The molecule has 2 atom stereocenters. The lowest BCUT2D eigenvalue weighted by atomic mass is 10.1. The summed E-state index contributed by atoms with van der Waals surface area (Å²) < 4.78 is 0. The van der Waals surface area contributed by atoms with Crippen molar-refractivity contribution < 1.29 is 0 Å². The molecule has 0 N–H and O–H groups in total. The van der Waals surface area contributed by atoms with Crippen LogP contribution in [0.3, 0.4) is 0 Å². The zero-order chi connectivity index (χ0) is 8.59. The molecule has 0 radical (unpaired) electrons. The highest BCUT2D eigenvalue weighted by molar-refractivity contribution is 4.96. The molecule has 0 amide bonds. The van der Waals surface area contributed by atoms with Crippen LogP contribution in [0.25, 0.3) is 0 Å². The Morgan fingerprint density at radius 1 is 1.18 bits per heavy atom. The second kappa shape index (κ2) is 3.14. The molecule has 0 spiro atoms. The van der Waals surface area contributed by atoms with Crippen LogP contribution < -0.4 is 0 Å². The van der Waals surface area contributed by atoms with Gasteiger partial charge in [-0.2, -0.15) is 0 Å². The molecule has 1 aliphatic rings. The van der Waals surface area contributed by atoms with E-state index < -0.39 is 0 Å². The second-order valence-corrected chi connectivity index (χ2v) is 4.47. The molecule has 1 rings (SSSR count). The van der Waals surface area contributed by atoms with E-state index >= 15 is 0 Å². The van der Waals surface area contributed by atoms with Crippen LogP contribution in [0.5, 0.6) is 0 Å². The van der Waals surface area contributed by atoms with Crippen LogP contribution >= 0.6 is 0 Å². The van der Waals surface area contributed by atoms with Crippen molar-refractivity contribution in [1.82, 2.24) is 4.90 Å². The van der Waals surface area contributed by atoms with Crippen molar-refractivity contribution in [1.29, 1.82) is 0 Å². The van der Waals surface area contributed by atoms with Gasteiger partial charge < -0.3 is 4.90 Å². The van der Waals surface area contributed by atoms with Gasteiger partial charge >= 0.3 is 0 Å². The number of rotatable bonds is 3. The van der Waals surface area contributed by atoms with Gasteiger partial charge in [0.25, 0.3) is 0 Å². The monoisotopic (exact) mass is 155 g/mol. The van der Waals surface area contributed by atoms with Gasteiger partial charge in [-0.15, -0.1) is 0 Å². The average Bonchev–Trinajstić information content (AvgIpc) is 2.63. The highest BCUT2D eigenvalue weighted by Crippen LogP contribution is 2.41. The van der Waals surface area contributed by atoms with E-state index in [-0.39, 0.29) is 0 Å². The first-order chi connectivity index (χ1) is 5.04. The summed E-state index contributed by atoms with van der Waals surface area (Å²) in [6, 6.07) is 1.60. The molecule has 0 bridgehead atoms. The quantitative estimate of drug-likeness (QED) is 0.605. The lowest BCUT2D eigenvalue weighted by Crippen LogP contribution is -2.30. The standard InChI is InChI=1S/C10H21N/c1-7(2)9-6-10(9)11(5)8(3)4/h7-10H,6H2,1-5H3. The normalized spacial score (nSPS) is 30.5. The van der Waals surface area contributed by atoms with Gasteiger partial charge in [0.1, 0.15) is 0 Å². The summed E-state index contributed by atoms with van der Waals surface area (Å²) in [5.41, 5.74) is 0. The fraction of sp³-hybridized carbons (Fsp3) is 1.00. The fourth-order valence-electron chi connectivity index (χ4n) is 1.77. The SMILES string of the molecule is CC(C)C1CC1N(C)C(C)C. The van der Waals surface area contributed by atoms with Crippen LogP contribution in [0.1, 0.15) is 34.1 Å². The zero-order valence-corrected chi connectivity index (χ0v) is 8.46. The third kappa shape index (κ3) is 1.96. The summed E-state index contributed by atoms with van der Waals surface area (Å²) in [6.07, 6.45) is 1.42. The highest BCUT2D eigenvalue weighted by Gasteiger charge is 2.42. The summed E-state index contributed by atoms with van der Waals surface area (Å²) in [4.78, 5) is 2.50. The Balaban J connectivity index is 2.31. The Morgan fingerprint density at radius 2 is 1.73 bits per heavy atom.